The number of alkyl halides is 4. The van der Waals surface area contributed by atoms with Crippen molar-refractivity contribution < 1.29 is 17.6 Å². The Morgan fingerprint density at radius 2 is 1.67 bits per heavy atom. The van der Waals surface area contributed by atoms with Gasteiger partial charge >= 0.3 is 89.0 Å². The van der Waals surface area contributed by atoms with Crippen LogP contribution in [0.2, 0.25) is 4.94 Å². The van der Waals surface area contributed by atoms with Crippen LogP contribution in [0, 0.1) is 0 Å². The Kier molecular flexibility index (Phi) is 3.52. The molecule has 6 heteroatoms. The molecule has 1 nitrogen and oxygen atoms in total. The average Bonchev–Trinajstić information content (AvgIpc) is 2.16. The number of nitrogen functional groups attached to an aromatic ring is 1. The molecule has 0 spiro atoms. The summed E-state index contributed by atoms with van der Waals surface area (Å²) in [7, 11) is 0. The van der Waals surface area contributed by atoms with Crippen molar-refractivity contribution in [1.82, 2.24) is 0 Å². The number of benzene rings is 1. The average molecular weight is 328 g/mol. The van der Waals surface area contributed by atoms with E-state index in [2.05, 4.69) is 0 Å². The first-order chi connectivity index (χ1) is 6.81. The summed E-state index contributed by atoms with van der Waals surface area (Å²) in [5.74, 6) is 0. The van der Waals surface area contributed by atoms with Crippen molar-refractivity contribution >= 4 is 27.6 Å². The first-order valence-electron chi connectivity index (χ1n) is 4.30. The predicted molar refractivity (Wildman–Crippen MR) is 54.1 cm³/mol. The SMILES string of the molecule is [CH3][Sn]([CH2]F)([c]1ccc(N)cc1)[C](F)(F)F. The summed E-state index contributed by atoms with van der Waals surface area (Å²) in [5, 5.41) is 0. The Labute approximate surface area is 89.1 Å². The van der Waals surface area contributed by atoms with Gasteiger partial charge in [0, 0.05) is 0 Å². The first-order valence-corrected chi connectivity index (χ1v) is 12.0. The molecule has 84 valence electrons. The quantitative estimate of drug-likeness (QED) is 0.503. The third kappa shape index (κ3) is 2.38. The Bertz CT molecular complexity index is 335. The third-order valence-corrected chi connectivity index (χ3v) is 12.1. The van der Waals surface area contributed by atoms with E-state index < -0.39 is 27.3 Å². The van der Waals surface area contributed by atoms with Crippen molar-refractivity contribution in [2.24, 2.45) is 0 Å². The van der Waals surface area contributed by atoms with Gasteiger partial charge in [0.2, 0.25) is 0 Å². The molecule has 0 bridgehead atoms. The zero-order valence-corrected chi connectivity index (χ0v) is 11.0. The molecule has 2 N–H and O–H groups in total. The molecule has 0 heterocycles. The summed E-state index contributed by atoms with van der Waals surface area (Å²) in [4.78, 5) is 1.04. The molecule has 0 aromatic heterocycles. The van der Waals surface area contributed by atoms with Crippen molar-refractivity contribution in [2.75, 3.05) is 10.4 Å². The van der Waals surface area contributed by atoms with Crippen LogP contribution in [0.15, 0.2) is 24.3 Å². The topological polar surface area (TPSA) is 26.0 Å². The van der Waals surface area contributed by atoms with E-state index in [1.165, 1.54) is 24.3 Å². The van der Waals surface area contributed by atoms with Gasteiger partial charge < -0.3 is 0 Å². The van der Waals surface area contributed by atoms with Crippen molar-refractivity contribution in [1.29, 1.82) is 0 Å². The Hall–Kier alpha value is -0.461. The van der Waals surface area contributed by atoms with Crippen LogP contribution in [0.5, 0.6) is 0 Å². The fourth-order valence-corrected chi connectivity index (χ4v) is 5.55. The summed E-state index contributed by atoms with van der Waals surface area (Å²) < 4.78 is 45.2. The van der Waals surface area contributed by atoms with E-state index in [1.54, 1.807) is 0 Å². The van der Waals surface area contributed by atoms with Gasteiger partial charge in [-0.05, 0) is 0 Å². The maximum absolute atomic E-state index is 12.7. The summed E-state index contributed by atoms with van der Waals surface area (Å²) in [5.41, 5.74) is 5.75. The van der Waals surface area contributed by atoms with E-state index in [-0.39, 0.29) is 3.58 Å². The van der Waals surface area contributed by atoms with Crippen LogP contribution in [0.4, 0.5) is 23.2 Å². The van der Waals surface area contributed by atoms with Crippen molar-refractivity contribution in [3.05, 3.63) is 24.3 Å². The van der Waals surface area contributed by atoms with E-state index in [0.29, 0.717) is 5.69 Å². The molecule has 1 aromatic carbocycles. The number of rotatable bonds is 2. The third-order valence-electron chi connectivity index (χ3n) is 2.44. The van der Waals surface area contributed by atoms with Crippen LogP contribution in [-0.4, -0.2) is 27.3 Å². The summed E-state index contributed by atoms with van der Waals surface area (Å²) in [6, 6.07) is 5.34. The van der Waals surface area contributed by atoms with Gasteiger partial charge in [-0.3, -0.25) is 0 Å². The molecule has 0 aliphatic carbocycles. The molecule has 0 radical (unpaired) electrons. The summed E-state index contributed by atoms with van der Waals surface area (Å²) in [6.45, 7) is 0. The van der Waals surface area contributed by atoms with Crippen LogP contribution >= 0.6 is 0 Å². The van der Waals surface area contributed by atoms with Crippen LogP contribution in [0.1, 0.15) is 0 Å². The molecule has 0 aliphatic rings. The van der Waals surface area contributed by atoms with Crippen LogP contribution in [0.3, 0.4) is 0 Å². The fraction of sp³-hybridized carbons (Fsp3) is 0.333. The zero-order valence-electron chi connectivity index (χ0n) is 8.11. The molecular weight excluding hydrogens is 317 g/mol. The predicted octanol–water partition coefficient (Wildman–Crippen LogP) is 2.16. The van der Waals surface area contributed by atoms with Crippen LogP contribution in [-0.2, 0) is 0 Å². The van der Waals surface area contributed by atoms with E-state index in [0.717, 1.165) is 4.94 Å². The second kappa shape index (κ2) is 4.19. The number of anilines is 1. The molecule has 0 saturated heterocycles. The number of halogens is 4. The summed E-state index contributed by atoms with van der Waals surface area (Å²) in [6.07, 6.45) is 0. The van der Waals surface area contributed by atoms with E-state index >= 15 is 0 Å². The number of nitrogens with two attached hydrogens (primary N) is 1. The maximum atomic E-state index is 12.7. The molecule has 1 rings (SSSR count). The molecule has 15 heavy (non-hydrogen) atoms. The minimum absolute atomic E-state index is 0.0912. The van der Waals surface area contributed by atoms with E-state index in [4.69, 9.17) is 5.73 Å². The van der Waals surface area contributed by atoms with Crippen molar-refractivity contribution in [2.45, 2.75) is 9.13 Å². The molecule has 1 atom stereocenters. The molecule has 1 unspecified atom stereocenters. The van der Waals surface area contributed by atoms with Gasteiger partial charge in [0.25, 0.3) is 0 Å². The molecule has 1 aromatic rings. The molecule has 0 saturated carbocycles. The van der Waals surface area contributed by atoms with Crippen LogP contribution < -0.4 is 9.31 Å². The number of hydrogen-bond donors (Lipinski definition) is 1. The van der Waals surface area contributed by atoms with Gasteiger partial charge in [-0.1, -0.05) is 0 Å². The molecule has 0 fully saturated rings. The van der Waals surface area contributed by atoms with Gasteiger partial charge in [0.05, 0.1) is 0 Å². The van der Waals surface area contributed by atoms with Crippen LogP contribution in [0.25, 0.3) is 0 Å². The Morgan fingerprint density at radius 3 is 2.00 bits per heavy atom. The van der Waals surface area contributed by atoms with Gasteiger partial charge in [0.15, 0.2) is 0 Å². The minimum atomic E-state index is -4.86. The normalized spacial score (nSPS) is 16.1. The Balaban J connectivity index is 3.18. The van der Waals surface area contributed by atoms with E-state index in [9.17, 15) is 17.6 Å². The first kappa shape index (κ1) is 12.6. The van der Waals surface area contributed by atoms with Gasteiger partial charge in [-0.25, -0.2) is 0 Å². The summed E-state index contributed by atoms with van der Waals surface area (Å²) >= 11 is -4.86. The monoisotopic (exact) mass is 329 g/mol. The van der Waals surface area contributed by atoms with Gasteiger partial charge in [-0.2, -0.15) is 0 Å². The van der Waals surface area contributed by atoms with E-state index in [1.807, 2.05) is 0 Å². The second-order valence-corrected chi connectivity index (χ2v) is 15.2. The molecule has 0 aliphatic heterocycles. The van der Waals surface area contributed by atoms with Gasteiger partial charge in [-0.15, -0.1) is 0 Å². The standard InChI is InChI=1S/C6H6N.CF3.CH2F.CH3.Sn/c7-6-4-2-1-3-5-6;2-1(3)4;1-2;;/h2-5H,7H2;;1H2;1H3;. The van der Waals surface area contributed by atoms with Gasteiger partial charge in [0.1, 0.15) is 0 Å². The van der Waals surface area contributed by atoms with Crippen molar-refractivity contribution in [3.8, 4) is 0 Å². The second-order valence-electron chi connectivity index (χ2n) is 3.59. The zero-order chi connectivity index (χ0) is 11.7. The fourth-order valence-electron chi connectivity index (χ4n) is 1.17. The molecular formula is C9H11F4NSn. The Morgan fingerprint density at radius 1 is 1.20 bits per heavy atom. The number of hydrogen-bond acceptors (Lipinski definition) is 1. The molecule has 0 amide bonds. The van der Waals surface area contributed by atoms with Crippen molar-refractivity contribution in [3.63, 3.8) is 0 Å².